The zero-order valence-corrected chi connectivity index (χ0v) is 13.5. The maximum atomic E-state index is 13.9. The highest BCUT2D eigenvalue weighted by molar-refractivity contribution is 7.99. The van der Waals surface area contributed by atoms with E-state index >= 15 is 0 Å². The summed E-state index contributed by atoms with van der Waals surface area (Å²) in [5.41, 5.74) is -0.0748. The summed E-state index contributed by atoms with van der Waals surface area (Å²) in [5.74, 6) is -0.155. The van der Waals surface area contributed by atoms with Crippen molar-refractivity contribution in [2.45, 2.75) is 18.9 Å². The molecule has 0 aliphatic carbocycles. The Morgan fingerprint density at radius 3 is 2.73 bits per heavy atom. The zero-order valence-electron chi connectivity index (χ0n) is 11.9. The Balaban J connectivity index is 1.81. The van der Waals surface area contributed by atoms with Crippen LogP contribution in [0.3, 0.4) is 0 Å². The standard InChI is InChI=1S/C15H16ClFN2O2S/c16-10-3-4-12(17)11(7-10)14(20)19-9-22-8-13(19)15(21)18-5-1-2-6-18/h3-4,7,13H,1-2,5-6,8-9H2/t13-/m0/s1. The zero-order chi connectivity index (χ0) is 15.7. The first kappa shape index (κ1) is 15.6. The fourth-order valence-corrected chi connectivity index (χ4v) is 4.13. The lowest BCUT2D eigenvalue weighted by molar-refractivity contribution is -0.133. The van der Waals surface area contributed by atoms with Gasteiger partial charge in [-0.25, -0.2) is 4.39 Å². The van der Waals surface area contributed by atoms with Gasteiger partial charge in [0.2, 0.25) is 5.91 Å². The van der Waals surface area contributed by atoms with E-state index in [0.717, 1.165) is 25.9 Å². The first-order chi connectivity index (χ1) is 10.6. The Labute approximate surface area is 137 Å². The van der Waals surface area contributed by atoms with E-state index < -0.39 is 17.8 Å². The third-order valence-corrected chi connectivity index (χ3v) is 5.25. The molecule has 7 heteroatoms. The van der Waals surface area contributed by atoms with Crippen LogP contribution in [0.25, 0.3) is 0 Å². The van der Waals surface area contributed by atoms with Gasteiger partial charge in [-0.15, -0.1) is 11.8 Å². The number of amides is 2. The molecular formula is C15H16ClFN2O2S. The summed E-state index contributed by atoms with van der Waals surface area (Å²) >= 11 is 7.36. The van der Waals surface area contributed by atoms with Crippen molar-refractivity contribution in [1.82, 2.24) is 9.80 Å². The average molecular weight is 343 g/mol. The quantitative estimate of drug-likeness (QED) is 0.829. The van der Waals surface area contributed by atoms with Crippen LogP contribution < -0.4 is 0 Å². The largest absolute Gasteiger partial charge is 0.341 e. The van der Waals surface area contributed by atoms with Crippen LogP contribution in [-0.4, -0.2) is 52.4 Å². The number of nitrogens with zero attached hydrogens (tertiary/aromatic N) is 2. The number of halogens is 2. The molecule has 2 aliphatic rings. The number of benzene rings is 1. The van der Waals surface area contributed by atoms with Gasteiger partial charge in [-0.2, -0.15) is 0 Å². The van der Waals surface area contributed by atoms with Gasteiger partial charge in [0.15, 0.2) is 0 Å². The van der Waals surface area contributed by atoms with E-state index in [0.29, 0.717) is 16.7 Å². The predicted molar refractivity (Wildman–Crippen MR) is 84.5 cm³/mol. The van der Waals surface area contributed by atoms with E-state index in [1.54, 1.807) is 4.90 Å². The smallest absolute Gasteiger partial charge is 0.258 e. The highest BCUT2D eigenvalue weighted by Crippen LogP contribution is 2.27. The fourth-order valence-electron chi connectivity index (χ4n) is 2.81. The lowest BCUT2D eigenvalue weighted by Crippen LogP contribution is -2.48. The van der Waals surface area contributed by atoms with Crippen LogP contribution in [0.1, 0.15) is 23.2 Å². The van der Waals surface area contributed by atoms with Crippen molar-refractivity contribution in [3.8, 4) is 0 Å². The molecule has 0 unspecified atom stereocenters. The van der Waals surface area contributed by atoms with Crippen molar-refractivity contribution in [3.05, 3.63) is 34.6 Å². The van der Waals surface area contributed by atoms with Gasteiger partial charge in [-0.05, 0) is 31.0 Å². The van der Waals surface area contributed by atoms with E-state index in [1.807, 2.05) is 0 Å². The summed E-state index contributed by atoms with van der Waals surface area (Å²) < 4.78 is 13.9. The topological polar surface area (TPSA) is 40.6 Å². The Bertz CT molecular complexity index is 607. The Kier molecular flexibility index (Phi) is 4.59. The number of thioether (sulfide) groups is 1. The number of likely N-dealkylation sites (tertiary alicyclic amines) is 1. The number of rotatable bonds is 2. The summed E-state index contributed by atoms with van der Waals surface area (Å²) in [6, 6.07) is 3.39. The van der Waals surface area contributed by atoms with E-state index in [4.69, 9.17) is 11.6 Å². The molecule has 3 rings (SSSR count). The molecule has 2 saturated heterocycles. The van der Waals surface area contributed by atoms with E-state index in [9.17, 15) is 14.0 Å². The molecule has 1 aromatic carbocycles. The summed E-state index contributed by atoms with van der Waals surface area (Å²) in [7, 11) is 0. The van der Waals surface area contributed by atoms with Crippen molar-refractivity contribution >= 4 is 35.2 Å². The van der Waals surface area contributed by atoms with Crippen LogP contribution in [0.15, 0.2) is 18.2 Å². The highest BCUT2D eigenvalue weighted by Gasteiger charge is 2.38. The normalized spacial score (nSPS) is 21.5. The molecular weight excluding hydrogens is 327 g/mol. The third kappa shape index (κ3) is 2.94. The molecule has 118 valence electrons. The second-order valence-corrected chi connectivity index (χ2v) is 6.88. The molecule has 0 N–H and O–H groups in total. The molecule has 1 atom stereocenters. The van der Waals surface area contributed by atoms with Gasteiger partial charge in [0.05, 0.1) is 11.4 Å². The molecule has 2 amide bonds. The van der Waals surface area contributed by atoms with Crippen LogP contribution in [-0.2, 0) is 4.79 Å². The number of carbonyl (C=O) groups is 2. The maximum absolute atomic E-state index is 13.9. The average Bonchev–Trinajstić information content (AvgIpc) is 3.19. The maximum Gasteiger partial charge on any atom is 0.258 e. The minimum Gasteiger partial charge on any atom is -0.341 e. The van der Waals surface area contributed by atoms with E-state index in [2.05, 4.69) is 0 Å². The first-order valence-corrected chi connectivity index (χ1v) is 8.74. The SMILES string of the molecule is O=C([C@@H]1CSCN1C(=O)c1cc(Cl)ccc1F)N1CCCC1. The number of hydrogen-bond acceptors (Lipinski definition) is 3. The highest BCUT2D eigenvalue weighted by atomic mass is 35.5. The predicted octanol–water partition coefficient (Wildman–Crippen LogP) is 2.62. The summed E-state index contributed by atoms with van der Waals surface area (Å²) in [5, 5.41) is 0.305. The molecule has 22 heavy (non-hydrogen) atoms. The molecule has 0 saturated carbocycles. The minimum absolute atomic E-state index is 0.0294. The van der Waals surface area contributed by atoms with Crippen molar-refractivity contribution < 1.29 is 14.0 Å². The lowest BCUT2D eigenvalue weighted by Gasteiger charge is -2.27. The second-order valence-electron chi connectivity index (χ2n) is 5.45. The van der Waals surface area contributed by atoms with Crippen LogP contribution >= 0.6 is 23.4 Å². The molecule has 1 aromatic rings. The Morgan fingerprint density at radius 1 is 1.27 bits per heavy atom. The van der Waals surface area contributed by atoms with Gasteiger partial charge < -0.3 is 9.80 Å². The van der Waals surface area contributed by atoms with Gasteiger partial charge in [0.1, 0.15) is 11.9 Å². The van der Waals surface area contributed by atoms with Gasteiger partial charge in [-0.3, -0.25) is 9.59 Å². The first-order valence-electron chi connectivity index (χ1n) is 7.20. The van der Waals surface area contributed by atoms with Crippen molar-refractivity contribution in [2.75, 3.05) is 24.7 Å². The van der Waals surface area contributed by atoms with Crippen LogP contribution in [0.4, 0.5) is 4.39 Å². The fraction of sp³-hybridized carbons (Fsp3) is 0.467. The molecule has 4 nitrogen and oxygen atoms in total. The molecule has 0 bridgehead atoms. The molecule has 0 aromatic heterocycles. The van der Waals surface area contributed by atoms with Crippen LogP contribution in [0.2, 0.25) is 5.02 Å². The van der Waals surface area contributed by atoms with Crippen molar-refractivity contribution in [3.63, 3.8) is 0 Å². The van der Waals surface area contributed by atoms with Gasteiger partial charge in [0.25, 0.3) is 5.91 Å². The lowest BCUT2D eigenvalue weighted by atomic mass is 10.1. The molecule has 2 fully saturated rings. The summed E-state index contributed by atoms with van der Waals surface area (Å²) in [6.07, 6.45) is 2.00. The summed E-state index contributed by atoms with van der Waals surface area (Å²) in [6.45, 7) is 1.49. The number of hydrogen-bond donors (Lipinski definition) is 0. The minimum atomic E-state index is -0.612. The molecule has 0 spiro atoms. The molecule has 0 radical (unpaired) electrons. The Hall–Kier alpha value is -1.27. The van der Waals surface area contributed by atoms with Gasteiger partial charge >= 0.3 is 0 Å². The van der Waals surface area contributed by atoms with Gasteiger partial charge in [0, 0.05) is 23.9 Å². The third-order valence-electron chi connectivity index (χ3n) is 4.00. The number of carbonyl (C=O) groups excluding carboxylic acids is 2. The monoisotopic (exact) mass is 342 g/mol. The van der Waals surface area contributed by atoms with Crippen LogP contribution in [0.5, 0.6) is 0 Å². The molecule has 2 heterocycles. The van der Waals surface area contributed by atoms with Crippen molar-refractivity contribution in [2.24, 2.45) is 0 Å². The van der Waals surface area contributed by atoms with Crippen LogP contribution in [0, 0.1) is 5.82 Å². The van der Waals surface area contributed by atoms with Crippen molar-refractivity contribution in [1.29, 1.82) is 0 Å². The molecule has 2 aliphatic heterocycles. The summed E-state index contributed by atoms with van der Waals surface area (Å²) in [4.78, 5) is 28.4. The second kappa shape index (κ2) is 6.46. The van der Waals surface area contributed by atoms with Gasteiger partial charge in [-0.1, -0.05) is 11.6 Å². The van der Waals surface area contributed by atoms with E-state index in [-0.39, 0.29) is 11.5 Å². The Morgan fingerprint density at radius 2 is 2.00 bits per heavy atom. The van der Waals surface area contributed by atoms with E-state index in [1.165, 1.54) is 34.9 Å².